The Bertz CT molecular complexity index is 514. The number of anilines is 1. The van der Waals surface area contributed by atoms with Gasteiger partial charge in [-0.1, -0.05) is 18.2 Å². The van der Waals surface area contributed by atoms with E-state index < -0.39 is 0 Å². The molecule has 0 aliphatic carbocycles. The fraction of sp³-hybridized carbons (Fsp3) is 0.500. The molecule has 0 spiro atoms. The molecule has 1 unspecified atom stereocenters. The summed E-state index contributed by atoms with van der Waals surface area (Å²) >= 11 is 0. The van der Waals surface area contributed by atoms with E-state index in [9.17, 15) is 9.59 Å². The Hall–Kier alpha value is -2.04. The number of nitrogens with zero attached hydrogens (tertiary/aromatic N) is 2. The second-order valence-corrected chi connectivity index (χ2v) is 5.76. The Kier molecular flexibility index (Phi) is 4.08. The number of urea groups is 1. The molecule has 0 radical (unpaired) electrons. The van der Waals surface area contributed by atoms with Gasteiger partial charge in [0.15, 0.2) is 0 Å². The molecule has 21 heavy (non-hydrogen) atoms. The third kappa shape index (κ3) is 3.17. The third-order valence-electron chi connectivity index (χ3n) is 4.25. The molecule has 1 N–H and O–H groups in total. The molecule has 1 aromatic carbocycles. The van der Waals surface area contributed by atoms with E-state index in [-0.39, 0.29) is 17.9 Å². The summed E-state index contributed by atoms with van der Waals surface area (Å²) in [5, 5.41) is 2.89. The first-order valence-corrected chi connectivity index (χ1v) is 7.64. The normalized spacial score (nSPS) is 21.6. The van der Waals surface area contributed by atoms with Crippen molar-refractivity contribution in [2.24, 2.45) is 5.92 Å². The number of benzene rings is 1. The van der Waals surface area contributed by atoms with Gasteiger partial charge in [-0.05, 0) is 31.4 Å². The number of amides is 3. The predicted molar refractivity (Wildman–Crippen MR) is 81.0 cm³/mol. The molecular weight excluding hydrogens is 266 g/mol. The number of carbonyl (C=O) groups is 2. The lowest BCUT2D eigenvalue weighted by Crippen LogP contribution is -2.51. The molecule has 3 amide bonds. The second-order valence-electron chi connectivity index (χ2n) is 5.76. The minimum atomic E-state index is -0.109. The number of para-hydroxylation sites is 1. The molecule has 3 rings (SSSR count). The molecule has 5 nitrogen and oxygen atoms in total. The number of hydrogen-bond acceptors (Lipinski definition) is 2. The Balaban J connectivity index is 1.57. The van der Waals surface area contributed by atoms with E-state index in [1.807, 2.05) is 35.2 Å². The first-order valence-electron chi connectivity index (χ1n) is 7.64. The first-order chi connectivity index (χ1) is 10.2. The van der Waals surface area contributed by atoms with E-state index >= 15 is 0 Å². The summed E-state index contributed by atoms with van der Waals surface area (Å²) in [5.74, 6) is 0.194. The van der Waals surface area contributed by atoms with E-state index in [4.69, 9.17) is 0 Å². The van der Waals surface area contributed by atoms with Gasteiger partial charge in [-0.25, -0.2) is 4.79 Å². The highest BCUT2D eigenvalue weighted by molar-refractivity contribution is 5.90. The van der Waals surface area contributed by atoms with E-state index in [1.165, 1.54) is 0 Å². The second kappa shape index (κ2) is 6.16. The van der Waals surface area contributed by atoms with E-state index in [0.717, 1.165) is 44.6 Å². The molecule has 5 heteroatoms. The molecule has 2 saturated heterocycles. The van der Waals surface area contributed by atoms with Crippen LogP contribution in [0.3, 0.4) is 0 Å². The third-order valence-corrected chi connectivity index (χ3v) is 4.25. The Morgan fingerprint density at radius 2 is 1.71 bits per heavy atom. The number of piperidine rings is 1. The number of rotatable bonds is 2. The van der Waals surface area contributed by atoms with Crippen molar-refractivity contribution < 1.29 is 9.59 Å². The smallest absolute Gasteiger partial charge is 0.321 e. The Morgan fingerprint density at radius 1 is 1.00 bits per heavy atom. The van der Waals surface area contributed by atoms with Crippen LogP contribution in [-0.4, -0.2) is 47.9 Å². The van der Waals surface area contributed by atoms with Crippen LogP contribution in [0.15, 0.2) is 30.3 Å². The van der Waals surface area contributed by atoms with Crippen LogP contribution in [0.5, 0.6) is 0 Å². The highest BCUT2D eigenvalue weighted by atomic mass is 16.2. The molecule has 1 aromatic rings. The molecular formula is C16H21N3O2. The lowest BCUT2D eigenvalue weighted by Gasteiger charge is -2.38. The lowest BCUT2D eigenvalue weighted by molar-refractivity contribution is -0.140. The van der Waals surface area contributed by atoms with Crippen LogP contribution in [0.1, 0.15) is 19.3 Å². The minimum absolute atomic E-state index is 0.0272. The zero-order chi connectivity index (χ0) is 14.7. The Labute approximate surface area is 124 Å². The van der Waals surface area contributed by atoms with Crippen molar-refractivity contribution in [2.45, 2.75) is 19.3 Å². The number of likely N-dealkylation sites (tertiary alicyclic amines) is 2. The summed E-state index contributed by atoms with van der Waals surface area (Å²) in [4.78, 5) is 28.2. The van der Waals surface area contributed by atoms with Crippen molar-refractivity contribution >= 4 is 17.6 Å². The SMILES string of the molecule is O=C(Nc1ccccc1)N1CCCC(C(=O)N2CCC2)C1. The molecule has 0 bridgehead atoms. The van der Waals surface area contributed by atoms with Gasteiger partial charge in [-0.2, -0.15) is 0 Å². The topological polar surface area (TPSA) is 52.7 Å². The Morgan fingerprint density at radius 3 is 2.38 bits per heavy atom. The van der Waals surface area contributed by atoms with Crippen LogP contribution in [0, 0.1) is 5.92 Å². The molecule has 112 valence electrons. The fourth-order valence-corrected chi connectivity index (χ4v) is 2.88. The maximum atomic E-state index is 12.3. The van der Waals surface area contributed by atoms with Crippen molar-refractivity contribution in [1.82, 2.24) is 9.80 Å². The summed E-state index contributed by atoms with van der Waals surface area (Å²) in [5.41, 5.74) is 0.790. The van der Waals surface area contributed by atoms with Crippen LogP contribution in [-0.2, 0) is 4.79 Å². The zero-order valence-corrected chi connectivity index (χ0v) is 12.1. The quantitative estimate of drug-likeness (QED) is 0.906. The van der Waals surface area contributed by atoms with E-state index in [0.29, 0.717) is 6.54 Å². The van der Waals surface area contributed by atoms with Crippen molar-refractivity contribution in [3.63, 3.8) is 0 Å². The molecule has 2 heterocycles. The van der Waals surface area contributed by atoms with Gasteiger partial charge in [-0.3, -0.25) is 4.79 Å². The number of carbonyl (C=O) groups excluding carboxylic acids is 2. The van der Waals surface area contributed by atoms with Crippen LogP contribution < -0.4 is 5.32 Å². The summed E-state index contributed by atoms with van der Waals surface area (Å²) < 4.78 is 0. The molecule has 1 atom stereocenters. The summed E-state index contributed by atoms with van der Waals surface area (Å²) in [6.07, 6.45) is 2.90. The van der Waals surface area contributed by atoms with Crippen LogP contribution in [0.25, 0.3) is 0 Å². The van der Waals surface area contributed by atoms with Crippen molar-refractivity contribution in [3.8, 4) is 0 Å². The first kappa shape index (κ1) is 13.9. The lowest BCUT2D eigenvalue weighted by atomic mass is 9.95. The van der Waals surface area contributed by atoms with Gasteiger partial charge >= 0.3 is 6.03 Å². The average Bonchev–Trinajstić information content (AvgIpc) is 2.46. The van der Waals surface area contributed by atoms with Gasteiger partial charge in [0.1, 0.15) is 0 Å². The van der Waals surface area contributed by atoms with Crippen LogP contribution in [0.2, 0.25) is 0 Å². The van der Waals surface area contributed by atoms with Crippen molar-refractivity contribution in [2.75, 3.05) is 31.5 Å². The van der Waals surface area contributed by atoms with Gasteiger partial charge in [0.25, 0.3) is 0 Å². The molecule has 0 aromatic heterocycles. The van der Waals surface area contributed by atoms with Gasteiger partial charge in [-0.15, -0.1) is 0 Å². The zero-order valence-electron chi connectivity index (χ0n) is 12.1. The highest BCUT2D eigenvalue weighted by Crippen LogP contribution is 2.22. The van der Waals surface area contributed by atoms with Gasteiger partial charge < -0.3 is 15.1 Å². The van der Waals surface area contributed by atoms with Crippen LogP contribution in [0.4, 0.5) is 10.5 Å². The van der Waals surface area contributed by atoms with Gasteiger partial charge in [0, 0.05) is 31.9 Å². The van der Waals surface area contributed by atoms with E-state index in [2.05, 4.69) is 5.32 Å². The average molecular weight is 287 g/mol. The largest absolute Gasteiger partial charge is 0.342 e. The standard InChI is InChI=1S/C16H21N3O2/c20-15(18-10-5-11-18)13-6-4-9-19(12-13)16(21)17-14-7-2-1-3-8-14/h1-3,7-8,13H,4-6,9-12H2,(H,17,21). The number of hydrogen-bond donors (Lipinski definition) is 1. The summed E-state index contributed by atoms with van der Waals surface area (Å²) in [6.45, 7) is 3.02. The molecule has 0 saturated carbocycles. The fourth-order valence-electron chi connectivity index (χ4n) is 2.88. The molecule has 2 fully saturated rings. The van der Waals surface area contributed by atoms with Crippen LogP contribution >= 0.6 is 0 Å². The van der Waals surface area contributed by atoms with Crippen molar-refractivity contribution in [3.05, 3.63) is 30.3 Å². The van der Waals surface area contributed by atoms with E-state index in [1.54, 1.807) is 4.90 Å². The van der Waals surface area contributed by atoms with Gasteiger partial charge in [0.2, 0.25) is 5.91 Å². The molecule has 2 aliphatic rings. The highest BCUT2D eigenvalue weighted by Gasteiger charge is 2.33. The maximum Gasteiger partial charge on any atom is 0.321 e. The predicted octanol–water partition coefficient (Wildman–Crippen LogP) is 2.16. The van der Waals surface area contributed by atoms with Gasteiger partial charge in [0.05, 0.1) is 5.92 Å². The van der Waals surface area contributed by atoms with Crippen molar-refractivity contribution in [1.29, 1.82) is 0 Å². The minimum Gasteiger partial charge on any atom is -0.342 e. The number of nitrogens with one attached hydrogen (secondary N) is 1. The molecule has 2 aliphatic heterocycles. The summed E-state index contributed by atoms with van der Waals surface area (Å²) in [7, 11) is 0. The maximum absolute atomic E-state index is 12.3. The summed E-state index contributed by atoms with van der Waals surface area (Å²) in [6, 6.07) is 9.32. The monoisotopic (exact) mass is 287 g/mol.